The van der Waals surface area contributed by atoms with Gasteiger partial charge in [-0.25, -0.2) is 0 Å². The molecule has 2 atom stereocenters. The first-order valence-corrected chi connectivity index (χ1v) is 24.0. The third kappa shape index (κ3) is 5.06. The molecule has 0 N–H and O–H groups in total. The van der Waals surface area contributed by atoms with E-state index in [0.29, 0.717) is 0 Å². The smallest absolute Gasteiger partial charge is 0.0720 e. The van der Waals surface area contributed by atoms with Gasteiger partial charge in [0.25, 0.3) is 0 Å². The van der Waals surface area contributed by atoms with E-state index >= 15 is 0 Å². The molecule has 0 heterocycles. The summed E-state index contributed by atoms with van der Waals surface area (Å²) in [6.45, 7) is 4.75. The molecule has 1 nitrogen and oxygen atoms in total. The molecular weight excluding hydrogens is 819 g/mol. The lowest BCUT2D eigenvalue weighted by molar-refractivity contribution is 0.626. The minimum absolute atomic E-state index is 0.149. The van der Waals surface area contributed by atoms with E-state index < -0.39 is 10.8 Å². The molecule has 0 fully saturated rings. The van der Waals surface area contributed by atoms with Gasteiger partial charge in [0.05, 0.1) is 16.5 Å². The average Bonchev–Trinajstić information content (AvgIpc) is 3.84. The maximum atomic E-state index is 2.51. The lowest BCUT2D eigenvalue weighted by Crippen LogP contribution is -2.44. The zero-order valence-corrected chi connectivity index (χ0v) is 38.1. The molecule has 0 amide bonds. The van der Waals surface area contributed by atoms with Crippen LogP contribution in [0.15, 0.2) is 249 Å². The van der Waals surface area contributed by atoms with Gasteiger partial charge >= 0.3 is 0 Å². The van der Waals surface area contributed by atoms with Crippen LogP contribution in [-0.2, 0) is 16.2 Å². The molecule has 2 unspecified atom stereocenters. The highest BCUT2D eigenvalue weighted by atomic mass is 15.1. The molecule has 0 saturated heterocycles. The Labute approximate surface area is 398 Å². The molecule has 0 bridgehead atoms. The van der Waals surface area contributed by atoms with Crippen LogP contribution in [0.4, 0.5) is 17.1 Å². The normalized spacial score (nSPS) is 17.8. The van der Waals surface area contributed by atoms with Crippen LogP contribution in [-0.4, -0.2) is 0 Å². The lowest BCUT2D eigenvalue weighted by Gasteiger charge is -2.49. The number of anilines is 3. The number of benzene rings is 11. The third-order valence-corrected chi connectivity index (χ3v) is 16.0. The Morgan fingerprint density at radius 1 is 0.294 bits per heavy atom. The molecule has 3 aliphatic carbocycles. The van der Waals surface area contributed by atoms with Crippen molar-refractivity contribution < 1.29 is 0 Å². The first-order valence-electron chi connectivity index (χ1n) is 24.0. The topological polar surface area (TPSA) is 3.24 Å². The predicted molar refractivity (Wildman–Crippen MR) is 283 cm³/mol. The zero-order valence-electron chi connectivity index (χ0n) is 38.1. The summed E-state index contributed by atoms with van der Waals surface area (Å²) in [5.41, 5.74) is 20.6. The van der Waals surface area contributed by atoms with Crippen molar-refractivity contribution in [2.24, 2.45) is 0 Å². The molecule has 0 aromatic heterocycles. The Bertz CT molecular complexity index is 3830. The monoisotopic (exact) mass is 865 g/mol. The largest absolute Gasteiger partial charge is 0.310 e. The summed E-state index contributed by atoms with van der Waals surface area (Å²) in [5, 5.41) is 4.95. The van der Waals surface area contributed by atoms with Crippen LogP contribution in [0.2, 0.25) is 0 Å². The molecule has 68 heavy (non-hydrogen) atoms. The van der Waals surface area contributed by atoms with Crippen molar-refractivity contribution >= 4 is 38.6 Å². The quantitative estimate of drug-likeness (QED) is 0.151. The van der Waals surface area contributed by atoms with Crippen molar-refractivity contribution in [1.82, 2.24) is 0 Å². The minimum atomic E-state index is -0.633. The lowest BCUT2D eigenvalue weighted by atomic mass is 9.52. The van der Waals surface area contributed by atoms with Gasteiger partial charge in [0, 0.05) is 22.2 Å². The van der Waals surface area contributed by atoms with E-state index in [2.05, 4.69) is 267 Å². The number of nitrogens with zero attached hydrogens (tertiary/aromatic N) is 1. The standard InChI is InChI=1S/C67H47N/c1-65(2)57-31-15-13-27-52(57)54-41-40-49(43-62(54)65)68(63-42-44-20-9-10-25-50(44)51-26-11-12-29-55(51)63)48-38-36-47(37-39-48)66(45-21-5-3-6-22-45)59-33-17-18-34-60(59)67(46-23-7-4-8-24-46)58-32-16-14-28-53(58)56-30-19-35-61(66)64(56)67/h3-43H,1-2H3. The Kier molecular flexibility index (Phi) is 8.23. The van der Waals surface area contributed by atoms with E-state index in [9.17, 15) is 0 Å². The average molecular weight is 866 g/mol. The number of fused-ring (bicyclic) bond motifs is 11. The number of rotatable bonds is 6. The number of hydrogen-bond donors (Lipinski definition) is 0. The summed E-state index contributed by atoms with van der Waals surface area (Å²) < 4.78 is 0. The Morgan fingerprint density at radius 2 is 0.779 bits per heavy atom. The van der Waals surface area contributed by atoms with Crippen molar-refractivity contribution in [3.05, 3.63) is 304 Å². The van der Waals surface area contributed by atoms with E-state index in [-0.39, 0.29) is 5.41 Å². The molecule has 0 spiro atoms. The first kappa shape index (κ1) is 39.0. The predicted octanol–water partition coefficient (Wildman–Crippen LogP) is 16.8. The van der Waals surface area contributed by atoms with Crippen LogP contribution in [0.1, 0.15) is 69.5 Å². The molecule has 14 rings (SSSR count). The summed E-state index contributed by atoms with van der Waals surface area (Å²) in [6.07, 6.45) is 0. The van der Waals surface area contributed by atoms with Gasteiger partial charge < -0.3 is 4.90 Å². The van der Waals surface area contributed by atoms with Crippen LogP contribution in [0, 0.1) is 0 Å². The van der Waals surface area contributed by atoms with Crippen LogP contribution >= 0.6 is 0 Å². The van der Waals surface area contributed by atoms with Crippen LogP contribution in [0.3, 0.4) is 0 Å². The molecule has 3 aliphatic rings. The SMILES string of the molecule is CC1(C)c2ccccc2-c2ccc(N(c3ccc(C4(c5ccccc5)c5ccccc5C5(c6ccccc6)c6ccccc6-c6cccc4c65)cc3)c3cc4ccccc4c4ccccc34)cc21. The fourth-order valence-corrected chi connectivity index (χ4v) is 13.2. The van der Waals surface area contributed by atoms with Gasteiger partial charge in [-0.1, -0.05) is 232 Å². The molecule has 11 aromatic carbocycles. The van der Waals surface area contributed by atoms with Gasteiger partial charge in [-0.2, -0.15) is 0 Å². The van der Waals surface area contributed by atoms with Gasteiger partial charge in [0.2, 0.25) is 0 Å². The van der Waals surface area contributed by atoms with E-state index in [4.69, 9.17) is 0 Å². The number of hydrogen-bond acceptors (Lipinski definition) is 1. The summed E-state index contributed by atoms with van der Waals surface area (Å²) in [7, 11) is 0. The Hall–Kier alpha value is -8.26. The van der Waals surface area contributed by atoms with Crippen molar-refractivity contribution in [3.8, 4) is 22.3 Å². The van der Waals surface area contributed by atoms with Gasteiger partial charge in [0.15, 0.2) is 0 Å². The molecular formula is C67H47N. The van der Waals surface area contributed by atoms with Crippen molar-refractivity contribution in [2.45, 2.75) is 30.1 Å². The third-order valence-electron chi connectivity index (χ3n) is 16.0. The second kappa shape index (κ2) is 14.4. The Balaban J connectivity index is 1.04. The maximum absolute atomic E-state index is 2.51. The zero-order chi connectivity index (χ0) is 45.2. The summed E-state index contributed by atoms with van der Waals surface area (Å²) in [4.78, 5) is 2.51. The molecule has 0 aliphatic heterocycles. The summed E-state index contributed by atoms with van der Waals surface area (Å²) in [5.74, 6) is 0. The van der Waals surface area contributed by atoms with Crippen LogP contribution in [0.25, 0.3) is 43.8 Å². The van der Waals surface area contributed by atoms with Crippen molar-refractivity contribution in [3.63, 3.8) is 0 Å². The molecule has 1 heteroatoms. The van der Waals surface area contributed by atoms with E-state index in [0.717, 1.165) is 17.1 Å². The van der Waals surface area contributed by atoms with Gasteiger partial charge in [-0.3, -0.25) is 0 Å². The van der Waals surface area contributed by atoms with Crippen LogP contribution in [0.5, 0.6) is 0 Å². The van der Waals surface area contributed by atoms with Crippen molar-refractivity contribution in [2.75, 3.05) is 4.90 Å². The molecule has 11 aromatic rings. The first-order chi connectivity index (χ1) is 33.5. The van der Waals surface area contributed by atoms with Crippen molar-refractivity contribution in [1.29, 1.82) is 0 Å². The fourth-order valence-electron chi connectivity index (χ4n) is 13.2. The van der Waals surface area contributed by atoms with E-state index in [1.54, 1.807) is 0 Å². The highest BCUT2D eigenvalue weighted by Gasteiger charge is 2.57. The second-order valence-electron chi connectivity index (χ2n) is 19.5. The van der Waals surface area contributed by atoms with E-state index in [1.807, 2.05) is 0 Å². The molecule has 0 radical (unpaired) electrons. The highest BCUT2D eigenvalue weighted by Crippen LogP contribution is 2.66. The van der Waals surface area contributed by atoms with E-state index in [1.165, 1.54) is 99.4 Å². The maximum Gasteiger partial charge on any atom is 0.0720 e. The second-order valence-corrected chi connectivity index (χ2v) is 19.5. The molecule has 320 valence electrons. The fraction of sp³-hybridized carbons (Fsp3) is 0.0746. The Morgan fingerprint density at radius 3 is 1.50 bits per heavy atom. The summed E-state index contributed by atoms with van der Waals surface area (Å²) >= 11 is 0. The van der Waals surface area contributed by atoms with Gasteiger partial charge in [-0.05, 0) is 124 Å². The van der Waals surface area contributed by atoms with Gasteiger partial charge in [0.1, 0.15) is 0 Å². The summed E-state index contributed by atoms with van der Waals surface area (Å²) in [6, 6.07) is 93.9. The van der Waals surface area contributed by atoms with Crippen LogP contribution < -0.4 is 4.90 Å². The minimum Gasteiger partial charge on any atom is -0.310 e. The highest BCUT2D eigenvalue weighted by molar-refractivity contribution is 6.14. The van der Waals surface area contributed by atoms with Gasteiger partial charge in [-0.15, -0.1) is 0 Å². The molecule has 0 saturated carbocycles.